The second kappa shape index (κ2) is 4.34. The molecule has 1 rings (SSSR count). The van der Waals surface area contributed by atoms with Crippen LogP contribution in [0.15, 0.2) is 22.6 Å². The molecule has 0 N–H and O–H groups in total. The first-order valence-corrected chi connectivity index (χ1v) is 14.7. The molecule has 0 aliphatic heterocycles. The Labute approximate surface area is 88.9 Å². The molecule has 1 aromatic rings. The third-order valence-electron chi connectivity index (χ3n) is 1.85. The average Bonchev–Trinajstić information content (AvgIpc) is 2.47. The SMILES string of the molecule is CC(=O)/C=C/c1cc[c]([Sn]([CH3])([CH3])[CH3])o1. The molecule has 0 aromatic carbocycles. The second-order valence-corrected chi connectivity index (χ2v) is 18.6. The van der Waals surface area contributed by atoms with Gasteiger partial charge in [0, 0.05) is 0 Å². The van der Waals surface area contributed by atoms with Gasteiger partial charge in [0.2, 0.25) is 0 Å². The van der Waals surface area contributed by atoms with E-state index in [-0.39, 0.29) is 5.78 Å². The van der Waals surface area contributed by atoms with Gasteiger partial charge >= 0.3 is 88.9 Å². The van der Waals surface area contributed by atoms with Crippen LogP contribution in [-0.4, -0.2) is 24.2 Å². The Hall–Kier alpha value is -0.511. The Kier molecular flexibility index (Phi) is 3.58. The van der Waals surface area contributed by atoms with Crippen LogP contribution < -0.4 is 3.78 Å². The van der Waals surface area contributed by atoms with Crippen LogP contribution in [0.3, 0.4) is 0 Å². The van der Waals surface area contributed by atoms with Crippen LogP contribution in [0.2, 0.25) is 14.8 Å². The van der Waals surface area contributed by atoms with Gasteiger partial charge in [-0.3, -0.25) is 0 Å². The summed E-state index contributed by atoms with van der Waals surface area (Å²) in [6, 6.07) is 3.97. The van der Waals surface area contributed by atoms with Crippen LogP contribution in [0.25, 0.3) is 6.08 Å². The number of allylic oxidation sites excluding steroid dienone is 1. The summed E-state index contributed by atoms with van der Waals surface area (Å²) in [5.74, 6) is 0.823. The Morgan fingerprint density at radius 1 is 1.36 bits per heavy atom. The van der Waals surface area contributed by atoms with Gasteiger partial charge in [0.1, 0.15) is 0 Å². The van der Waals surface area contributed by atoms with Crippen LogP contribution in [-0.2, 0) is 4.79 Å². The van der Waals surface area contributed by atoms with Crippen molar-refractivity contribution in [2.45, 2.75) is 21.7 Å². The average molecular weight is 299 g/mol. The third-order valence-corrected chi connectivity index (χ3v) is 6.83. The fourth-order valence-corrected chi connectivity index (χ4v) is 3.92. The summed E-state index contributed by atoms with van der Waals surface area (Å²) in [6.07, 6.45) is 3.25. The van der Waals surface area contributed by atoms with Crippen LogP contribution in [0.4, 0.5) is 0 Å². The molecule has 76 valence electrons. The molecule has 0 amide bonds. The van der Waals surface area contributed by atoms with Crippen molar-refractivity contribution in [2.24, 2.45) is 0 Å². The molecule has 0 bridgehead atoms. The Morgan fingerprint density at radius 3 is 2.43 bits per heavy atom. The van der Waals surface area contributed by atoms with Crippen LogP contribution >= 0.6 is 0 Å². The van der Waals surface area contributed by atoms with Crippen molar-refractivity contribution in [1.82, 2.24) is 0 Å². The van der Waals surface area contributed by atoms with E-state index in [2.05, 4.69) is 14.8 Å². The molecule has 2 nitrogen and oxygen atoms in total. The topological polar surface area (TPSA) is 30.2 Å². The Morgan fingerprint density at radius 2 is 2.00 bits per heavy atom. The number of rotatable bonds is 3. The Bertz CT molecular complexity index is 356. The van der Waals surface area contributed by atoms with E-state index in [1.807, 2.05) is 12.1 Å². The number of carbonyl (C=O) groups is 1. The maximum absolute atomic E-state index is 10.7. The van der Waals surface area contributed by atoms with Gasteiger partial charge in [0.25, 0.3) is 0 Å². The first-order chi connectivity index (χ1) is 6.39. The molecule has 1 aromatic heterocycles. The van der Waals surface area contributed by atoms with Crippen molar-refractivity contribution in [2.75, 3.05) is 0 Å². The fourth-order valence-electron chi connectivity index (χ4n) is 1.04. The third kappa shape index (κ3) is 3.33. The van der Waals surface area contributed by atoms with Gasteiger partial charge < -0.3 is 0 Å². The quantitative estimate of drug-likeness (QED) is 0.634. The van der Waals surface area contributed by atoms with E-state index in [0.717, 1.165) is 9.54 Å². The standard InChI is InChI=1S/C8H7O2.3CH3.Sn/c1-7(9)4-5-8-3-2-6-10-8;;;;/h2-5H,1H3;3*1H3;/b5-4+;;;;. The minimum absolute atomic E-state index is 0.0437. The molecule has 1 heterocycles. The maximum atomic E-state index is 10.7. The molecule has 0 atom stereocenters. The van der Waals surface area contributed by atoms with Gasteiger partial charge in [-0.25, -0.2) is 0 Å². The molecule has 0 saturated heterocycles. The molecular formula is C11H16O2Sn. The zero-order valence-electron chi connectivity index (χ0n) is 9.13. The molecule has 0 unspecified atom stereocenters. The number of hydrogen-bond acceptors (Lipinski definition) is 2. The summed E-state index contributed by atoms with van der Waals surface area (Å²) < 4.78 is 6.79. The van der Waals surface area contributed by atoms with Crippen molar-refractivity contribution in [3.8, 4) is 0 Å². The summed E-state index contributed by atoms with van der Waals surface area (Å²) in [5.41, 5.74) is 0. The van der Waals surface area contributed by atoms with Gasteiger partial charge in [0.15, 0.2) is 0 Å². The van der Waals surface area contributed by atoms with Crippen molar-refractivity contribution in [3.05, 3.63) is 24.0 Å². The van der Waals surface area contributed by atoms with Crippen LogP contribution in [0.5, 0.6) is 0 Å². The van der Waals surface area contributed by atoms with Crippen LogP contribution in [0.1, 0.15) is 12.7 Å². The molecule has 0 spiro atoms. The van der Waals surface area contributed by atoms with Gasteiger partial charge in [-0.15, -0.1) is 0 Å². The fraction of sp³-hybridized carbons (Fsp3) is 0.364. The summed E-state index contributed by atoms with van der Waals surface area (Å²) in [6.45, 7) is 1.53. The molecule has 3 heteroatoms. The molecular weight excluding hydrogens is 283 g/mol. The summed E-state index contributed by atoms with van der Waals surface area (Å²) in [7, 11) is 0. The molecule has 0 fully saturated rings. The first-order valence-electron chi connectivity index (χ1n) is 4.68. The minimum atomic E-state index is -2.06. The number of hydrogen-bond donors (Lipinski definition) is 0. The van der Waals surface area contributed by atoms with E-state index in [1.165, 1.54) is 13.0 Å². The summed E-state index contributed by atoms with van der Waals surface area (Å²) in [5, 5.41) is 0. The zero-order chi connectivity index (χ0) is 10.8. The molecule has 14 heavy (non-hydrogen) atoms. The number of carbonyl (C=O) groups excluding carboxylic acids is 1. The monoisotopic (exact) mass is 300 g/mol. The molecule has 0 radical (unpaired) electrons. The second-order valence-electron chi connectivity index (χ2n) is 4.40. The van der Waals surface area contributed by atoms with Gasteiger partial charge in [-0.2, -0.15) is 0 Å². The van der Waals surface area contributed by atoms with E-state index < -0.39 is 18.4 Å². The summed E-state index contributed by atoms with van der Waals surface area (Å²) >= 11 is -2.06. The van der Waals surface area contributed by atoms with E-state index in [1.54, 1.807) is 6.08 Å². The Balaban J connectivity index is 2.84. The van der Waals surface area contributed by atoms with Crippen molar-refractivity contribution < 1.29 is 9.21 Å². The van der Waals surface area contributed by atoms with E-state index in [0.29, 0.717) is 0 Å². The van der Waals surface area contributed by atoms with Gasteiger partial charge in [-0.1, -0.05) is 0 Å². The van der Waals surface area contributed by atoms with Gasteiger partial charge in [0.05, 0.1) is 0 Å². The van der Waals surface area contributed by atoms with Crippen LogP contribution in [0, 0.1) is 0 Å². The summed E-state index contributed by atoms with van der Waals surface area (Å²) in [4.78, 5) is 17.6. The van der Waals surface area contributed by atoms with Gasteiger partial charge in [-0.05, 0) is 0 Å². The predicted molar refractivity (Wildman–Crippen MR) is 61.4 cm³/mol. The molecule has 0 aliphatic rings. The van der Waals surface area contributed by atoms with E-state index >= 15 is 0 Å². The van der Waals surface area contributed by atoms with E-state index in [9.17, 15) is 4.79 Å². The van der Waals surface area contributed by atoms with E-state index in [4.69, 9.17) is 4.42 Å². The van der Waals surface area contributed by atoms with Crippen molar-refractivity contribution in [1.29, 1.82) is 0 Å². The predicted octanol–water partition coefficient (Wildman–Crippen LogP) is 2.43. The first kappa shape index (κ1) is 11.6. The molecule has 0 aliphatic carbocycles. The number of ketones is 1. The normalized spacial score (nSPS) is 12.3. The zero-order valence-corrected chi connectivity index (χ0v) is 12.0. The molecule has 0 saturated carbocycles. The van der Waals surface area contributed by atoms with Crippen molar-refractivity contribution >= 4 is 34.0 Å². The number of furan rings is 1. The van der Waals surface area contributed by atoms with Crippen molar-refractivity contribution in [3.63, 3.8) is 0 Å².